The number of rotatable bonds is 2. The van der Waals surface area contributed by atoms with Gasteiger partial charge in [0.05, 0.1) is 0 Å². The second kappa shape index (κ2) is 4.80. The van der Waals surface area contributed by atoms with Gasteiger partial charge in [0.1, 0.15) is 5.82 Å². The van der Waals surface area contributed by atoms with Crippen molar-refractivity contribution in [1.82, 2.24) is 4.90 Å². The maximum absolute atomic E-state index is 13.3. The molecule has 2 bridgehead atoms. The Morgan fingerprint density at radius 1 is 1.22 bits per heavy atom. The monoisotopic (exact) mass is 268 g/mol. The average Bonchev–Trinajstić information content (AvgIpc) is 2.53. The Balaban J connectivity index is 1.77. The van der Waals surface area contributed by atoms with E-state index in [1.807, 2.05) is 6.07 Å². The van der Waals surface area contributed by atoms with E-state index in [4.69, 9.17) is 17.3 Å². The zero-order valence-corrected chi connectivity index (χ0v) is 11.0. The molecular formula is C14H18ClFN2. The van der Waals surface area contributed by atoms with E-state index >= 15 is 0 Å². The second-order valence-corrected chi connectivity index (χ2v) is 6.00. The van der Waals surface area contributed by atoms with Crippen molar-refractivity contribution in [3.05, 3.63) is 34.6 Å². The van der Waals surface area contributed by atoms with E-state index in [9.17, 15) is 4.39 Å². The highest BCUT2D eigenvalue weighted by Gasteiger charge is 2.39. The van der Waals surface area contributed by atoms with E-state index < -0.39 is 0 Å². The van der Waals surface area contributed by atoms with Gasteiger partial charge in [-0.05, 0) is 49.4 Å². The summed E-state index contributed by atoms with van der Waals surface area (Å²) in [6, 6.07) is 6.28. The zero-order chi connectivity index (χ0) is 12.7. The molecule has 1 aromatic carbocycles. The predicted molar refractivity (Wildman–Crippen MR) is 71.0 cm³/mol. The molecule has 0 amide bonds. The van der Waals surface area contributed by atoms with Crippen molar-refractivity contribution in [3.63, 3.8) is 0 Å². The molecule has 2 nitrogen and oxygen atoms in total. The number of fused-ring (bicyclic) bond motifs is 2. The number of nitrogens with zero attached hydrogens (tertiary/aromatic N) is 1. The summed E-state index contributed by atoms with van der Waals surface area (Å²) in [5.41, 5.74) is 7.02. The van der Waals surface area contributed by atoms with Crippen molar-refractivity contribution in [2.75, 3.05) is 0 Å². The highest BCUT2D eigenvalue weighted by Crippen LogP contribution is 2.36. The van der Waals surface area contributed by atoms with E-state index in [1.165, 1.54) is 18.9 Å². The highest BCUT2D eigenvalue weighted by atomic mass is 35.5. The Hall–Kier alpha value is -0.640. The van der Waals surface area contributed by atoms with Gasteiger partial charge in [-0.2, -0.15) is 0 Å². The molecule has 4 heteroatoms. The quantitative estimate of drug-likeness (QED) is 0.894. The van der Waals surface area contributed by atoms with Gasteiger partial charge in [-0.1, -0.05) is 11.6 Å². The molecule has 2 aliphatic heterocycles. The fourth-order valence-corrected chi connectivity index (χ4v) is 3.73. The van der Waals surface area contributed by atoms with Crippen LogP contribution in [0.2, 0.25) is 5.02 Å². The summed E-state index contributed by atoms with van der Waals surface area (Å²) in [6.45, 7) is 0.791. The maximum Gasteiger partial charge on any atom is 0.125 e. The van der Waals surface area contributed by atoms with Crippen LogP contribution in [0.25, 0.3) is 0 Å². The fraction of sp³-hybridized carbons (Fsp3) is 0.571. The summed E-state index contributed by atoms with van der Waals surface area (Å²) >= 11 is 5.90. The van der Waals surface area contributed by atoms with Crippen molar-refractivity contribution in [3.8, 4) is 0 Å². The standard InChI is InChI=1S/C14H18ClFN2/c15-10-3-9(4-11(16)5-10)8-18-13-1-2-14(18)7-12(17)6-13/h3-5,12-14H,1-2,6-8,17H2. The number of piperidine rings is 1. The molecule has 0 aromatic heterocycles. The fourth-order valence-electron chi connectivity index (χ4n) is 3.49. The molecule has 2 N–H and O–H groups in total. The molecule has 2 fully saturated rings. The molecule has 2 heterocycles. The number of halogens is 2. The maximum atomic E-state index is 13.3. The van der Waals surface area contributed by atoms with Crippen LogP contribution in [-0.4, -0.2) is 23.0 Å². The van der Waals surface area contributed by atoms with Crippen LogP contribution < -0.4 is 5.73 Å². The van der Waals surface area contributed by atoms with Gasteiger partial charge in [0.2, 0.25) is 0 Å². The summed E-state index contributed by atoms with van der Waals surface area (Å²) in [5, 5.41) is 0.478. The Bertz CT molecular complexity index is 417. The minimum atomic E-state index is -0.251. The summed E-state index contributed by atoms with van der Waals surface area (Å²) in [7, 11) is 0. The van der Waals surface area contributed by atoms with Crippen LogP contribution in [0, 0.1) is 5.82 Å². The first-order chi connectivity index (χ1) is 8.61. The van der Waals surface area contributed by atoms with E-state index in [1.54, 1.807) is 6.07 Å². The predicted octanol–water partition coefficient (Wildman–Crippen LogP) is 2.93. The first-order valence-corrected chi connectivity index (χ1v) is 6.96. The lowest BCUT2D eigenvalue weighted by Gasteiger charge is -2.37. The smallest absolute Gasteiger partial charge is 0.125 e. The van der Waals surface area contributed by atoms with E-state index in [2.05, 4.69) is 4.90 Å². The number of hydrogen-bond acceptors (Lipinski definition) is 2. The van der Waals surface area contributed by atoms with Gasteiger partial charge < -0.3 is 5.73 Å². The molecule has 1 aromatic rings. The van der Waals surface area contributed by atoms with E-state index in [-0.39, 0.29) is 5.82 Å². The summed E-state index contributed by atoms with van der Waals surface area (Å²) < 4.78 is 13.3. The Kier molecular flexibility index (Phi) is 3.31. The van der Waals surface area contributed by atoms with Crippen LogP contribution in [0.1, 0.15) is 31.2 Å². The van der Waals surface area contributed by atoms with Gasteiger partial charge in [0.25, 0.3) is 0 Å². The van der Waals surface area contributed by atoms with Crippen LogP contribution in [-0.2, 0) is 6.54 Å². The SMILES string of the molecule is NC1CC2CCC(C1)N2Cc1cc(F)cc(Cl)c1. The van der Waals surface area contributed by atoms with Crippen LogP contribution in [0.15, 0.2) is 18.2 Å². The minimum absolute atomic E-state index is 0.251. The van der Waals surface area contributed by atoms with Crippen LogP contribution in [0.4, 0.5) is 4.39 Å². The third kappa shape index (κ3) is 2.40. The lowest BCUT2D eigenvalue weighted by Crippen LogP contribution is -2.46. The molecule has 0 radical (unpaired) electrons. The lowest BCUT2D eigenvalue weighted by atomic mass is 9.97. The Morgan fingerprint density at radius 3 is 2.50 bits per heavy atom. The van der Waals surface area contributed by atoms with Crippen LogP contribution in [0.5, 0.6) is 0 Å². The summed E-state index contributed by atoms with van der Waals surface area (Å²) in [5.74, 6) is -0.251. The van der Waals surface area contributed by atoms with Crippen molar-refractivity contribution in [1.29, 1.82) is 0 Å². The van der Waals surface area contributed by atoms with E-state index in [0.29, 0.717) is 23.1 Å². The molecule has 2 aliphatic rings. The van der Waals surface area contributed by atoms with Gasteiger partial charge in [0, 0.05) is 29.7 Å². The minimum Gasteiger partial charge on any atom is -0.328 e. The van der Waals surface area contributed by atoms with Gasteiger partial charge in [-0.25, -0.2) is 4.39 Å². The Labute approximate surface area is 112 Å². The van der Waals surface area contributed by atoms with Crippen molar-refractivity contribution in [2.45, 2.75) is 50.4 Å². The molecule has 0 aliphatic carbocycles. The van der Waals surface area contributed by atoms with Crippen molar-refractivity contribution >= 4 is 11.6 Å². The zero-order valence-electron chi connectivity index (χ0n) is 10.3. The molecule has 2 unspecified atom stereocenters. The lowest BCUT2D eigenvalue weighted by molar-refractivity contribution is 0.120. The third-order valence-electron chi connectivity index (χ3n) is 4.21. The average molecular weight is 269 g/mol. The molecule has 98 valence electrons. The molecule has 2 saturated heterocycles. The third-order valence-corrected chi connectivity index (χ3v) is 4.43. The van der Waals surface area contributed by atoms with Crippen LogP contribution in [0.3, 0.4) is 0 Å². The molecule has 3 rings (SSSR count). The largest absolute Gasteiger partial charge is 0.328 e. The number of hydrogen-bond donors (Lipinski definition) is 1. The first-order valence-electron chi connectivity index (χ1n) is 6.58. The molecule has 0 saturated carbocycles. The number of nitrogens with two attached hydrogens (primary N) is 1. The summed E-state index contributed by atoms with van der Waals surface area (Å²) in [6.07, 6.45) is 4.59. The molecule has 0 spiro atoms. The summed E-state index contributed by atoms with van der Waals surface area (Å²) in [4.78, 5) is 2.48. The van der Waals surface area contributed by atoms with Gasteiger partial charge in [0.15, 0.2) is 0 Å². The molecular weight excluding hydrogens is 251 g/mol. The van der Waals surface area contributed by atoms with Gasteiger partial charge >= 0.3 is 0 Å². The van der Waals surface area contributed by atoms with Gasteiger partial charge in [-0.3, -0.25) is 4.90 Å². The molecule has 18 heavy (non-hydrogen) atoms. The topological polar surface area (TPSA) is 29.3 Å². The number of benzene rings is 1. The van der Waals surface area contributed by atoms with Crippen molar-refractivity contribution in [2.24, 2.45) is 5.73 Å². The second-order valence-electron chi connectivity index (χ2n) is 5.57. The highest BCUT2D eigenvalue weighted by molar-refractivity contribution is 6.30. The molecule has 2 atom stereocenters. The van der Waals surface area contributed by atoms with Crippen LogP contribution >= 0.6 is 11.6 Å². The van der Waals surface area contributed by atoms with Gasteiger partial charge in [-0.15, -0.1) is 0 Å². The van der Waals surface area contributed by atoms with E-state index in [0.717, 1.165) is 24.9 Å². The van der Waals surface area contributed by atoms with Crippen molar-refractivity contribution < 1.29 is 4.39 Å². The normalized spacial score (nSPS) is 31.8. The Morgan fingerprint density at radius 2 is 1.89 bits per heavy atom. The first kappa shape index (κ1) is 12.4.